The number of nitrogens with zero attached hydrogens (tertiary/aromatic N) is 1. The van der Waals surface area contributed by atoms with Crippen molar-refractivity contribution in [3.8, 4) is 0 Å². The molecule has 0 bridgehead atoms. The van der Waals surface area contributed by atoms with Crippen LogP contribution in [-0.2, 0) is 4.79 Å². The van der Waals surface area contributed by atoms with E-state index in [4.69, 9.17) is 5.21 Å². The quantitative estimate of drug-likeness (QED) is 0.283. The summed E-state index contributed by atoms with van der Waals surface area (Å²) in [5.74, 6) is -0.232. The minimum Gasteiger partial charge on any atom is -0.286 e. The molecule has 0 heterocycles. The highest BCUT2D eigenvalue weighted by molar-refractivity contribution is 7.99. The van der Waals surface area contributed by atoms with Crippen molar-refractivity contribution < 1.29 is 23.2 Å². The van der Waals surface area contributed by atoms with Crippen molar-refractivity contribution >= 4 is 23.7 Å². The fraction of sp³-hybridized carbons (Fsp3) is 0.357. The number of amides is 1. The minimum atomic E-state index is -4.13. The number of hydroxylamine groups is 2. The lowest BCUT2D eigenvalue weighted by atomic mass is 10.2. The van der Waals surface area contributed by atoms with Crippen LogP contribution in [0.25, 0.3) is 6.08 Å². The molecular formula is C14H16F3NO2S. The molecule has 116 valence electrons. The van der Waals surface area contributed by atoms with Gasteiger partial charge < -0.3 is 0 Å². The van der Waals surface area contributed by atoms with E-state index in [1.54, 1.807) is 24.3 Å². The summed E-state index contributed by atoms with van der Waals surface area (Å²) >= 11 is 1.31. The van der Waals surface area contributed by atoms with Crippen molar-refractivity contribution in [3.63, 3.8) is 0 Å². The van der Waals surface area contributed by atoms with E-state index in [2.05, 4.69) is 0 Å². The third-order valence-electron chi connectivity index (χ3n) is 2.51. The number of halogens is 3. The predicted octanol–water partition coefficient (Wildman–Crippen LogP) is 3.98. The molecule has 0 aromatic heterocycles. The Bertz CT molecular complexity index is 501. The number of benzene rings is 1. The highest BCUT2D eigenvalue weighted by Gasteiger charge is 2.25. The van der Waals surface area contributed by atoms with E-state index in [0.717, 1.165) is 10.5 Å². The van der Waals surface area contributed by atoms with Gasteiger partial charge in [-0.2, -0.15) is 13.2 Å². The van der Waals surface area contributed by atoms with E-state index in [1.165, 1.54) is 31.0 Å². The molecular weight excluding hydrogens is 303 g/mol. The van der Waals surface area contributed by atoms with E-state index in [-0.39, 0.29) is 6.42 Å². The largest absolute Gasteiger partial charge is 0.389 e. The Kier molecular flexibility index (Phi) is 6.77. The van der Waals surface area contributed by atoms with Gasteiger partial charge in [0.2, 0.25) is 0 Å². The summed E-state index contributed by atoms with van der Waals surface area (Å²) in [4.78, 5) is 12.1. The molecule has 1 aromatic carbocycles. The molecule has 1 amide bonds. The molecule has 1 N–H and O–H groups in total. The second kappa shape index (κ2) is 8.09. The summed E-state index contributed by atoms with van der Waals surface area (Å²) in [6.45, 7) is 0. The number of thioether (sulfide) groups is 1. The van der Waals surface area contributed by atoms with E-state index in [0.29, 0.717) is 10.8 Å². The maximum absolute atomic E-state index is 12.1. The SMILES string of the molecule is CN(O)C(=O)C=Cc1ccccc1SCCCC(F)(F)F. The Morgan fingerprint density at radius 1 is 1.38 bits per heavy atom. The van der Waals surface area contributed by atoms with Gasteiger partial charge in [0.1, 0.15) is 0 Å². The van der Waals surface area contributed by atoms with Crippen LogP contribution < -0.4 is 0 Å². The number of hydrogen-bond donors (Lipinski definition) is 1. The fourth-order valence-electron chi connectivity index (χ4n) is 1.47. The first kappa shape index (κ1) is 17.6. The molecule has 1 rings (SSSR count). The van der Waals surface area contributed by atoms with E-state index in [1.807, 2.05) is 0 Å². The molecule has 0 saturated heterocycles. The van der Waals surface area contributed by atoms with Crippen LogP contribution in [0.5, 0.6) is 0 Å². The minimum absolute atomic E-state index is 0.0462. The van der Waals surface area contributed by atoms with Gasteiger partial charge >= 0.3 is 6.18 Å². The van der Waals surface area contributed by atoms with Crippen molar-refractivity contribution in [3.05, 3.63) is 35.9 Å². The van der Waals surface area contributed by atoms with Gasteiger partial charge in [-0.3, -0.25) is 10.0 Å². The Labute approximate surface area is 125 Å². The number of alkyl halides is 3. The number of carbonyl (C=O) groups is 1. The van der Waals surface area contributed by atoms with Gasteiger partial charge in [-0.25, -0.2) is 5.06 Å². The molecule has 1 aromatic rings. The summed E-state index contributed by atoms with van der Waals surface area (Å²) in [5, 5.41) is 9.39. The lowest BCUT2D eigenvalue weighted by Crippen LogP contribution is -2.19. The zero-order valence-corrected chi connectivity index (χ0v) is 12.2. The molecule has 0 atom stereocenters. The van der Waals surface area contributed by atoms with E-state index < -0.39 is 18.5 Å². The van der Waals surface area contributed by atoms with Crippen LogP contribution in [-0.4, -0.2) is 35.2 Å². The third kappa shape index (κ3) is 7.19. The van der Waals surface area contributed by atoms with Crippen molar-refractivity contribution in [1.82, 2.24) is 5.06 Å². The zero-order chi connectivity index (χ0) is 15.9. The average molecular weight is 319 g/mol. The van der Waals surface area contributed by atoms with Crippen LogP contribution in [0.4, 0.5) is 13.2 Å². The molecule has 0 unspecified atom stereocenters. The molecule has 21 heavy (non-hydrogen) atoms. The second-order valence-corrected chi connectivity index (χ2v) is 5.44. The molecule has 0 radical (unpaired) electrons. The van der Waals surface area contributed by atoms with Gasteiger partial charge in [-0.05, 0) is 29.9 Å². The van der Waals surface area contributed by atoms with Crippen LogP contribution in [0.1, 0.15) is 18.4 Å². The molecule has 0 fully saturated rings. The van der Waals surface area contributed by atoms with Crippen molar-refractivity contribution in [2.75, 3.05) is 12.8 Å². The smallest absolute Gasteiger partial charge is 0.286 e. The van der Waals surface area contributed by atoms with Gasteiger partial charge in [0.05, 0.1) is 0 Å². The van der Waals surface area contributed by atoms with Crippen LogP contribution >= 0.6 is 11.8 Å². The van der Waals surface area contributed by atoms with Crippen LogP contribution in [0.2, 0.25) is 0 Å². The summed E-state index contributed by atoms with van der Waals surface area (Å²) in [6, 6.07) is 7.09. The molecule has 7 heteroatoms. The highest BCUT2D eigenvalue weighted by Crippen LogP contribution is 2.27. The second-order valence-electron chi connectivity index (χ2n) is 4.30. The van der Waals surface area contributed by atoms with Crippen molar-refractivity contribution in [2.45, 2.75) is 23.9 Å². The van der Waals surface area contributed by atoms with Crippen LogP contribution in [0.15, 0.2) is 35.2 Å². The topological polar surface area (TPSA) is 40.5 Å². The number of hydrogen-bond acceptors (Lipinski definition) is 3. The first-order chi connectivity index (χ1) is 9.79. The first-order valence-electron chi connectivity index (χ1n) is 6.23. The van der Waals surface area contributed by atoms with E-state index in [9.17, 15) is 18.0 Å². The summed E-state index contributed by atoms with van der Waals surface area (Å²) in [5.41, 5.74) is 0.727. The maximum Gasteiger partial charge on any atom is 0.389 e. The lowest BCUT2D eigenvalue weighted by Gasteiger charge is -2.08. The summed E-state index contributed by atoms with van der Waals surface area (Å²) in [7, 11) is 1.21. The Morgan fingerprint density at radius 3 is 2.67 bits per heavy atom. The van der Waals surface area contributed by atoms with Gasteiger partial charge in [-0.1, -0.05) is 18.2 Å². The van der Waals surface area contributed by atoms with Crippen molar-refractivity contribution in [1.29, 1.82) is 0 Å². The first-order valence-corrected chi connectivity index (χ1v) is 7.21. The van der Waals surface area contributed by atoms with Gasteiger partial charge in [0, 0.05) is 24.4 Å². The molecule has 0 spiro atoms. The molecule has 0 saturated carbocycles. The average Bonchev–Trinajstić information content (AvgIpc) is 2.40. The summed E-state index contributed by atoms with van der Waals surface area (Å²) in [6.07, 6.45) is -2.15. The Morgan fingerprint density at radius 2 is 2.05 bits per heavy atom. The number of rotatable bonds is 6. The van der Waals surface area contributed by atoms with Crippen molar-refractivity contribution in [2.24, 2.45) is 0 Å². The van der Waals surface area contributed by atoms with Crippen LogP contribution in [0.3, 0.4) is 0 Å². The van der Waals surface area contributed by atoms with Gasteiger partial charge in [0.15, 0.2) is 0 Å². The highest BCUT2D eigenvalue weighted by atomic mass is 32.2. The normalized spacial score (nSPS) is 11.9. The predicted molar refractivity (Wildman–Crippen MR) is 76.0 cm³/mol. The van der Waals surface area contributed by atoms with Gasteiger partial charge in [-0.15, -0.1) is 11.8 Å². The molecule has 0 aliphatic rings. The lowest BCUT2D eigenvalue weighted by molar-refractivity contribution is -0.153. The Hall–Kier alpha value is -1.47. The monoisotopic (exact) mass is 319 g/mol. The molecule has 0 aliphatic carbocycles. The molecule has 3 nitrogen and oxygen atoms in total. The number of carbonyl (C=O) groups excluding carboxylic acids is 1. The maximum atomic E-state index is 12.1. The van der Waals surface area contributed by atoms with Gasteiger partial charge in [0.25, 0.3) is 5.91 Å². The van der Waals surface area contributed by atoms with E-state index >= 15 is 0 Å². The third-order valence-corrected chi connectivity index (χ3v) is 3.68. The molecule has 0 aliphatic heterocycles. The standard InChI is InChI=1S/C14H16F3NO2S/c1-18(20)13(19)8-7-11-5-2-3-6-12(11)21-10-4-9-14(15,16)17/h2-3,5-8,20H,4,9-10H2,1H3. The Balaban J connectivity index is 2.61. The summed E-state index contributed by atoms with van der Waals surface area (Å²) < 4.78 is 36.2. The number of likely N-dealkylation sites (N-methyl/N-ethyl adjacent to an activating group) is 1. The fourth-order valence-corrected chi connectivity index (χ4v) is 2.46. The van der Waals surface area contributed by atoms with Crippen LogP contribution in [0, 0.1) is 0 Å². The zero-order valence-electron chi connectivity index (χ0n) is 11.4.